The molecule has 1 aromatic rings. The van der Waals surface area contributed by atoms with E-state index >= 15 is 0 Å². The summed E-state index contributed by atoms with van der Waals surface area (Å²) in [6, 6.07) is 7.50. The molecule has 18 heavy (non-hydrogen) atoms. The first-order chi connectivity index (χ1) is 8.40. The van der Waals surface area contributed by atoms with E-state index in [0.29, 0.717) is 5.56 Å². The smallest absolute Gasteiger partial charge is 0.233 e. The van der Waals surface area contributed by atoms with E-state index in [9.17, 15) is 9.59 Å². The van der Waals surface area contributed by atoms with Gasteiger partial charge in [-0.1, -0.05) is 12.1 Å². The van der Waals surface area contributed by atoms with Crippen LogP contribution in [0, 0.1) is 0 Å². The number of thioether (sulfide) groups is 1. The highest BCUT2D eigenvalue weighted by atomic mass is 32.2. The van der Waals surface area contributed by atoms with Crippen LogP contribution in [-0.2, 0) is 4.79 Å². The summed E-state index contributed by atoms with van der Waals surface area (Å²) < 4.78 is 0. The second-order valence-electron chi connectivity index (χ2n) is 4.51. The quantitative estimate of drug-likeness (QED) is 0.657. The standard InChI is InChI=1S/C14H19NO2S/c1-9(2)15-14(17)11(4)18-13-7-5-6-12(8-13)10(3)16/h5-9,11H,1-4H3,(H,15,17). The van der Waals surface area contributed by atoms with Crippen LogP contribution in [-0.4, -0.2) is 23.0 Å². The number of benzene rings is 1. The molecule has 3 nitrogen and oxygen atoms in total. The lowest BCUT2D eigenvalue weighted by molar-refractivity contribution is -0.120. The van der Waals surface area contributed by atoms with Crippen LogP contribution in [0.3, 0.4) is 0 Å². The van der Waals surface area contributed by atoms with Gasteiger partial charge in [0.05, 0.1) is 5.25 Å². The number of hydrogen-bond acceptors (Lipinski definition) is 3. The molecule has 1 unspecified atom stereocenters. The Morgan fingerprint density at radius 2 is 1.89 bits per heavy atom. The molecule has 1 N–H and O–H groups in total. The minimum Gasteiger partial charge on any atom is -0.353 e. The lowest BCUT2D eigenvalue weighted by Gasteiger charge is -2.14. The van der Waals surface area contributed by atoms with Crippen LogP contribution in [0.5, 0.6) is 0 Å². The third-order valence-corrected chi connectivity index (χ3v) is 3.45. The molecule has 0 aliphatic heterocycles. The molecule has 0 saturated heterocycles. The van der Waals surface area contributed by atoms with Gasteiger partial charge in [0.2, 0.25) is 5.91 Å². The highest BCUT2D eigenvalue weighted by Crippen LogP contribution is 2.24. The van der Waals surface area contributed by atoms with Gasteiger partial charge >= 0.3 is 0 Å². The molecule has 0 fully saturated rings. The average Bonchev–Trinajstić information content (AvgIpc) is 2.28. The van der Waals surface area contributed by atoms with Gasteiger partial charge in [0.15, 0.2) is 5.78 Å². The van der Waals surface area contributed by atoms with Gasteiger partial charge in [-0.25, -0.2) is 0 Å². The molecule has 0 saturated carbocycles. The summed E-state index contributed by atoms with van der Waals surface area (Å²) in [5.41, 5.74) is 0.677. The summed E-state index contributed by atoms with van der Waals surface area (Å²) in [7, 11) is 0. The number of amides is 1. The number of carbonyl (C=O) groups excluding carboxylic acids is 2. The maximum atomic E-state index is 11.8. The Bertz CT molecular complexity index is 443. The van der Waals surface area contributed by atoms with Crippen molar-refractivity contribution in [1.82, 2.24) is 5.32 Å². The lowest BCUT2D eigenvalue weighted by Crippen LogP contribution is -2.35. The SMILES string of the molecule is CC(=O)c1cccc(SC(C)C(=O)NC(C)C)c1. The van der Waals surface area contributed by atoms with Gasteiger partial charge in [-0.05, 0) is 39.8 Å². The van der Waals surface area contributed by atoms with E-state index in [1.807, 2.05) is 39.0 Å². The molecule has 1 amide bonds. The van der Waals surface area contributed by atoms with Crippen molar-refractivity contribution >= 4 is 23.5 Å². The fraction of sp³-hybridized carbons (Fsp3) is 0.429. The second-order valence-corrected chi connectivity index (χ2v) is 5.92. The van der Waals surface area contributed by atoms with Crippen molar-refractivity contribution in [3.05, 3.63) is 29.8 Å². The van der Waals surface area contributed by atoms with E-state index in [-0.39, 0.29) is 23.0 Å². The summed E-state index contributed by atoms with van der Waals surface area (Å²) in [5.74, 6) is 0.0555. The van der Waals surface area contributed by atoms with Crippen LogP contribution >= 0.6 is 11.8 Å². The fourth-order valence-corrected chi connectivity index (χ4v) is 2.38. The van der Waals surface area contributed by atoms with E-state index in [4.69, 9.17) is 0 Å². The maximum absolute atomic E-state index is 11.8. The Morgan fingerprint density at radius 1 is 1.22 bits per heavy atom. The predicted molar refractivity (Wildman–Crippen MR) is 75.0 cm³/mol. The minimum absolute atomic E-state index is 0.0169. The number of Topliss-reactive ketones (excluding diaryl/α,β-unsaturated/α-hetero) is 1. The molecule has 0 aliphatic rings. The predicted octanol–water partition coefficient (Wildman–Crippen LogP) is 2.89. The highest BCUT2D eigenvalue weighted by Gasteiger charge is 2.15. The molecule has 0 spiro atoms. The molecule has 0 radical (unpaired) electrons. The summed E-state index contributed by atoms with van der Waals surface area (Å²) in [6.45, 7) is 7.28. The van der Waals surface area contributed by atoms with Crippen molar-refractivity contribution in [2.75, 3.05) is 0 Å². The largest absolute Gasteiger partial charge is 0.353 e. The van der Waals surface area contributed by atoms with Crippen LogP contribution in [0.15, 0.2) is 29.2 Å². The van der Waals surface area contributed by atoms with Crippen molar-refractivity contribution in [1.29, 1.82) is 0 Å². The van der Waals surface area contributed by atoms with Gasteiger partial charge in [0.25, 0.3) is 0 Å². The Hall–Kier alpha value is -1.29. The molecule has 0 aromatic heterocycles. The summed E-state index contributed by atoms with van der Waals surface area (Å²) in [5, 5.41) is 2.70. The third kappa shape index (κ3) is 4.53. The minimum atomic E-state index is -0.172. The highest BCUT2D eigenvalue weighted by molar-refractivity contribution is 8.00. The van der Waals surface area contributed by atoms with Crippen LogP contribution in [0.25, 0.3) is 0 Å². The molecule has 1 aromatic carbocycles. The first kappa shape index (κ1) is 14.8. The monoisotopic (exact) mass is 265 g/mol. The van der Waals surface area contributed by atoms with E-state index in [1.165, 1.54) is 11.8 Å². The molecule has 4 heteroatoms. The molecule has 1 atom stereocenters. The Labute approximate surface area is 112 Å². The summed E-state index contributed by atoms with van der Waals surface area (Å²) in [6.07, 6.45) is 0. The first-order valence-electron chi connectivity index (χ1n) is 5.98. The van der Waals surface area contributed by atoms with Gasteiger partial charge in [-0.3, -0.25) is 9.59 Å². The van der Waals surface area contributed by atoms with Crippen molar-refractivity contribution < 1.29 is 9.59 Å². The average molecular weight is 265 g/mol. The molecular weight excluding hydrogens is 246 g/mol. The lowest BCUT2D eigenvalue weighted by atomic mass is 10.2. The Kier molecular flexibility index (Phi) is 5.41. The van der Waals surface area contributed by atoms with Gasteiger partial charge in [-0.15, -0.1) is 11.8 Å². The molecule has 98 valence electrons. The van der Waals surface area contributed by atoms with Gasteiger partial charge in [-0.2, -0.15) is 0 Å². The Balaban J connectivity index is 2.69. The van der Waals surface area contributed by atoms with Gasteiger partial charge in [0.1, 0.15) is 0 Å². The first-order valence-corrected chi connectivity index (χ1v) is 6.86. The van der Waals surface area contributed by atoms with E-state index < -0.39 is 0 Å². The van der Waals surface area contributed by atoms with Crippen LogP contribution in [0.2, 0.25) is 0 Å². The number of carbonyl (C=O) groups is 2. The normalized spacial score (nSPS) is 12.3. The van der Waals surface area contributed by atoms with Crippen molar-refractivity contribution in [3.63, 3.8) is 0 Å². The second kappa shape index (κ2) is 6.59. The van der Waals surface area contributed by atoms with Crippen molar-refractivity contribution in [2.45, 2.75) is 43.9 Å². The molecule has 0 aliphatic carbocycles. The van der Waals surface area contributed by atoms with Gasteiger partial charge < -0.3 is 5.32 Å². The van der Waals surface area contributed by atoms with E-state index in [2.05, 4.69) is 5.32 Å². The summed E-state index contributed by atoms with van der Waals surface area (Å²) >= 11 is 1.46. The number of rotatable bonds is 5. The van der Waals surface area contributed by atoms with Crippen molar-refractivity contribution in [2.24, 2.45) is 0 Å². The van der Waals surface area contributed by atoms with Crippen LogP contribution < -0.4 is 5.32 Å². The fourth-order valence-electron chi connectivity index (χ4n) is 1.45. The van der Waals surface area contributed by atoms with Crippen LogP contribution in [0.4, 0.5) is 0 Å². The number of nitrogens with one attached hydrogen (secondary N) is 1. The van der Waals surface area contributed by atoms with E-state index in [0.717, 1.165) is 4.90 Å². The van der Waals surface area contributed by atoms with Crippen molar-refractivity contribution in [3.8, 4) is 0 Å². The number of ketones is 1. The molecular formula is C14H19NO2S. The molecule has 1 rings (SSSR count). The zero-order chi connectivity index (χ0) is 13.7. The zero-order valence-corrected chi connectivity index (χ0v) is 12.0. The third-order valence-electron chi connectivity index (χ3n) is 2.35. The van der Waals surface area contributed by atoms with E-state index in [1.54, 1.807) is 13.0 Å². The summed E-state index contributed by atoms with van der Waals surface area (Å²) in [4.78, 5) is 24.0. The van der Waals surface area contributed by atoms with Gasteiger partial charge in [0, 0.05) is 16.5 Å². The zero-order valence-electron chi connectivity index (χ0n) is 11.2. The topological polar surface area (TPSA) is 46.2 Å². The maximum Gasteiger partial charge on any atom is 0.233 e. The molecule has 0 bridgehead atoms. The van der Waals surface area contributed by atoms with Crippen LogP contribution in [0.1, 0.15) is 38.1 Å². The number of hydrogen-bond donors (Lipinski definition) is 1. The molecule has 0 heterocycles. The Morgan fingerprint density at radius 3 is 2.44 bits per heavy atom.